The summed E-state index contributed by atoms with van der Waals surface area (Å²) in [7, 11) is 0. The van der Waals surface area contributed by atoms with Crippen LogP contribution >= 0.6 is 0 Å². The molecule has 0 saturated carbocycles. The average molecular weight is 206 g/mol. The molecule has 0 saturated heterocycles. The molecule has 0 aliphatic rings. The van der Waals surface area contributed by atoms with E-state index in [0.717, 1.165) is 0 Å². The molecule has 1 heterocycles. The summed E-state index contributed by atoms with van der Waals surface area (Å²) in [5.74, 6) is -0.154. The Bertz CT molecular complexity index is 558. The molecular weight excluding hydrogens is 200 g/mol. The summed E-state index contributed by atoms with van der Waals surface area (Å²) in [5.41, 5.74) is 0.184. The summed E-state index contributed by atoms with van der Waals surface area (Å²) in [6.45, 7) is 0. The van der Waals surface area contributed by atoms with Gasteiger partial charge in [0.2, 0.25) is 0 Å². The number of nitro benzene ring substituents is 1. The van der Waals surface area contributed by atoms with Crippen molar-refractivity contribution in [3.05, 3.63) is 34.0 Å². The lowest BCUT2D eigenvalue weighted by Gasteiger charge is -1.97. The highest BCUT2D eigenvalue weighted by atomic mass is 16.6. The third kappa shape index (κ3) is 1.23. The number of fused-ring (bicyclic) bond motifs is 1. The number of H-pyrrole nitrogens is 1. The number of aromatic hydroxyl groups is 1. The van der Waals surface area contributed by atoms with Gasteiger partial charge in [-0.25, -0.2) is 0 Å². The summed E-state index contributed by atoms with van der Waals surface area (Å²) in [6, 6.07) is 2.38. The monoisotopic (exact) mass is 206 g/mol. The van der Waals surface area contributed by atoms with E-state index in [2.05, 4.69) is 4.98 Å². The topological polar surface area (TPSA) is 96.2 Å². The molecule has 6 heteroatoms. The van der Waals surface area contributed by atoms with Crippen LogP contribution in [-0.4, -0.2) is 21.3 Å². The Balaban J connectivity index is 2.90. The number of carbonyl (C=O) groups excluding carboxylic acids is 1. The molecule has 0 aliphatic heterocycles. The second-order valence-electron chi connectivity index (χ2n) is 2.97. The van der Waals surface area contributed by atoms with E-state index in [1.165, 1.54) is 18.3 Å². The number of phenols is 1. The van der Waals surface area contributed by atoms with Crippen LogP contribution in [0.5, 0.6) is 5.75 Å². The van der Waals surface area contributed by atoms with Gasteiger partial charge in [0, 0.05) is 17.8 Å². The molecule has 1 aromatic heterocycles. The standard InChI is InChI=1S/C9H6N2O4/c12-4-5-3-10-9-6(11(14)15)1-2-7(13)8(5)9/h1-4,10,13H. The number of nitrogens with one attached hydrogen (secondary N) is 1. The van der Waals surface area contributed by atoms with E-state index in [0.29, 0.717) is 6.29 Å². The van der Waals surface area contributed by atoms with Crippen LogP contribution < -0.4 is 0 Å². The van der Waals surface area contributed by atoms with Gasteiger partial charge in [0.25, 0.3) is 5.69 Å². The maximum atomic E-state index is 10.6. The number of aldehydes is 1. The number of nitrogens with zero attached hydrogens (tertiary/aromatic N) is 1. The maximum Gasteiger partial charge on any atom is 0.293 e. The van der Waals surface area contributed by atoms with Gasteiger partial charge in [-0.1, -0.05) is 0 Å². The zero-order valence-corrected chi connectivity index (χ0v) is 7.43. The highest BCUT2D eigenvalue weighted by Crippen LogP contribution is 2.33. The molecule has 0 radical (unpaired) electrons. The van der Waals surface area contributed by atoms with Gasteiger partial charge in [-0.05, 0) is 6.07 Å². The van der Waals surface area contributed by atoms with Crippen molar-refractivity contribution in [1.82, 2.24) is 4.98 Å². The third-order valence-corrected chi connectivity index (χ3v) is 2.15. The van der Waals surface area contributed by atoms with Gasteiger partial charge in [0.15, 0.2) is 6.29 Å². The number of rotatable bonds is 2. The second kappa shape index (κ2) is 3.09. The van der Waals surface area contributed by atoms with Crippen molar-refractivity contribution in [2.24, 2.45) is 0 Å². The number of hydrogen-bond donors (Lipinski definition) is 2. The SMILES string of the molecule is O=Cc1c[nH]c2c([N+](=O)[O-])ccc(O)c12. The predicted molar refractivity (Wildman–Crippen MR) is 52.0 cm³/mol. The summed E-state index contributed by atoms with van der Waals surface area (Å²) >= 11 is 0. The van der Waals surface area contributed by atoms with Gasteiger partial charge in [-0.3, -0.25) is 14.9 Å². The van der Waals surface area contributed by atoms with Crippen LogP contribution in [0.2, 0.25) is 0 Å². The lowest BCUT2D eigenvalue weighted by Crippen LogP contribution is -1.89. The molecule has 0 amide bonds. The van der Waals surface area contributed by atoms with E-state index < -0.39 is 4.92 Å². The van der Waals surface area contributed by atoms with Crippen LogP contribution in [-0.2, 0) is 0 Å². The Morgan fingerprint density at radius 2 is 2.20 bits per heavy atom. The first kappa shape index (κ1) is 9.20. The predicted octanol–water partition coefficient (Wildman–Crippen LogP) is 1.59. The molecule has 0 spiro atoms. The smallest absolute Gasteiger partial charge is 0.293 e. The summed E-state index contributed by atoms with van der Waals surface area (Å²) < 4.78 is 0. The number of nitro groups is 1. The van der Waals surface area contributed by atoms with E-state index >= 15 is 0 Å². The minimum absolute atomic E-state index is 0.154. The van der Waals surface area contributed by atoms with Crippen molar-refractivity contribution >= 4 is 22.9 Å². The molecule has 2 rings (SSSR count). The molecule has 0 aliphatic carbocycles. The zero-order chi connectivity index (χ0) is 11.0. The van der Waals surface area contributed by atoms with Crippen molar-refractivity contribution in [3.63, 3.8) is 0 Å². The van der Waals surface area contributed by atoms with E-state index in [-0.39, 0.29) is 27.9 Å². The van der Waals surface area contributed by atoms with Crippen LogP contribution in [0.15, 0.2) is 18.3 Å². The number of aromatic amines is 1. The quantitative estimate of drug-likeness (QED) is 0.443. The molecule has 15 heavy (non-hydrogen) atoms. The Hall–Kier alpha value is -2.37. The first-order valence-electron chi connectivity index (χ1n) is 4.07. The summed E-state index contributed by atoms with van der Waals surface area (Å²) in [6.07, 6.45) is 1.85. The molecule has 0 fully saturated rings. The van der Waals surface area contributed by atoms with Crippen molar-refractivity contribution in [3.8, 4) is 5.75 Å². The number of benzene rings is 1. The van der Waals surface area contributed by atoms with Gasteiger partial charge in [-0.2, -0.15) is 0 Å². The number of hydrogen-bond acceptors (Lipinski definition) is 4. The van der Waals surface area contributed by atoms with Gasteiger partial charge in [-0.15, -0.1) is 0 Å². The first-order chi connectivity index (χ1) is 7.15. The van der Waals surface area contributed by atoms with Gasteiger partial charge in [0.1, 0.15) is 11.3 Å². The largest absolute Gasteiger partial charge is 0.507 e. The lowest BCUT2D eigenvalue weighted by molar-refractivity contribution is -0.383. The fraction of sp³-hybridized carbons (Fsp3) is 0. The van der Waals surface area contributed by atoms with Gasteiger partial charge >= 0.3 is 0 Å². The van der Waals surface area contributed by atoms with Crippen molar-refractivity contribution in [1.29, 1.82) is 0 Å². The Labute approximate surface area is 83.3 Å². The lowest BCUT2D eigenvalue weighted by atomic mass is 10.1. The van der Waals surface area contributed by atoms with Crippen molar-refractivity contribution in [2.45, 2.75) is 0 Å². The normalized spacial score (nSPS) is 10.4. The molecule has 1 aromatic carbocycles. The third-order valence-electron chi connectivity index (χ3n) is 2.15. The minimum atomic E-state index is -0.577. The van der Waals surface area contributed by atoms with Crippen LogP contribution in [0.1, 0.15) is 10.4 Å². The summed E-state index contributed by atoms with van der Waals surface area (Å²) in [5, 5.41) is 20.3. The number of aromatic nitrogens is 1. The molecule has 0 atom stereocenters. The van der Waals surface area contributed by atoms with E-state index in [1.807, 2.05) is 0 Å². The van der Waals surface area contributed by atoms with Gasteiger partial charge < -0.3 is 10.1 Å². The fourth-order valence-electron chi connectivity index (χ4n) is 1.49. The van der Waals surface area contributed by atoms with Crippen LogP contribution in [0.25, 0.3) is 10.9 Å². The molecule has 6 nitrogen and oxygen atoms in total. The van der Waals surface area contributed by atoms with Crippen molar-refractivity contribution < 1.29 is 14.8 Å². The van der Waals surface area contributed by atoms with Gasteiger partial charge in [0.05, 0.1) is 10.3 Å². The maximum absolute atomic E-state index is 10.6. The molecule has 0 bridgehead atoms. The number of carbonyl (C=O) groups is 1. The Kier molecular flexibility index (Phi) is 1.89. The molecule has 2 aromatic rings. The Morgan fingerprint density at radius 1 is 1.47 bits per heavy atom. The highest BCUT2D eigenvalue weighted by molar-refractivity contribution is 6.04. The number of phenolic OH excluding ortho intramolecular Hbond substituents is 1. The van der Waals surface area contributed by atoms with Crippen LogP contribution in [0, 0.1) is 10.1 Å². The van der Waals surface area contributed by atoms with E-state index in [1.54, 1.807) is 0 Å². The van der Waals surface area contributed by atoms with E-state index in [9.17, 15) is 20.0 Å². The minimum Gasteiger partial charge on any atom is -0.507 e. The highest BCUT2D eigenvalue weighted by Gasteiger charge is 2.18. The molecule has 2 N–H and O–H groups in total. The van der Waals surface area contributed by atoms with Crippen molar-refractivity contribution in [2.75, 3.05) is 0 Å². The zero-order valence-electron chi connectivity index (χ0n) is 7.43. The molecular formula is C9H6N2O4. The van der Waals surface area contributed by atoms with Crippen LogP contribution in [0.4, 0.5) is 5.69 Å². The van der Waals surface area contributed by atoms with E-state index in [4.69, 9.17) is 0 Å². The first-order valence-corrected chi connectivity index (χ1v) is 4.07. The van der Waals surface area contributed by atoms with Crippen LogP contribution in [0.3, 0.4) is 0 Å². The number of non-ortho nitro benzene ring substituents is 1. The fourth-order valence-corrected chi connectivity index (χ4v) is 1.49. The second-order valence-corrected chi connectivity index (χ2v) is 2.97. The molecule has 76 valence electrons. The summed E-state index contributed by atoms with van der Waals surface area (Å²) in [4.78, 5) is 23.3. The Morgan fingerprint density at radius 3 is 2.80 bits per heavy atom. The average Bonchev–Trinajstić information content (AvgIpc) is 2.62. The molecule has 0 unspecified atom stereocenters.